The third-order valence-electron chi connectivity index (χ3n) is 6.94. The maximum Gasteiger partial charge on any atom is 0.0376 e. The van der Waals surface area contributed by atoms with Crippen LogP contribution in [0.15, 0.2) is 66.7 Å². The van der Waals surface area contributed by atoms with E-state index in [-0.39, 0.29) is 0 Å². The first-order valence-electron chi connectivity index (χ1n) is 12.0. The van der Waals surface area contributed by atoms with Gasteiger partial charge in [0.2, 0.25) is 0 Å². The van der Waals surface area contributed by atoms with Crippen LogP contribution in [-0.4, -0.2) is 24.7 Å². The van der Waals surface area contributed by atoms with Gasteiger partial charge in [-0.1, -0.05) is 95.4 Å². The third-order valence-corrected chi connectivity index (χ3v) is 9.87. The average Bonchev–Trinajstić information content (AvgIpc) is 3.16. The summed E-state index contributed by atoms with van der Waals surface area (Å²) in [6, 6.07) is 26.2. The van der Waals surface area contributed by atoms with Crippen LogP contribution in [0.3, 0.4) is 0 Å². The Morgan fingerprint density at radius 1 is 0.719 bits per heavy atom. The van der Waals surface area contributed by atoms with E-state index in [1.165, 1.54) is 47.1 Å². The molecule has 2 heteroatoms. The Hall–Kier alpha value is -1.95. The maximum absolute atomic E-state index is 2.47. The van der Waals surface area contributed by atoms with E-state index in [4.69, 9.17) is 0 Å². The highest BCUT2D eigenvalue weighted by Crippen LogP contribution is 2.54. The fourth-order valence-corrected chi connectivity index (χ4v) is 9.52. The quantitative estimate of drug-likeness (QED) is 0.378. The highest BCUT2D eigenvalue weighted by molar-refractivity contribution is 7.73. The Balaban J connectivity index is 1.84. The molecule has 1 aliphatic rings. The summed E-state index contributed by atoms with van der Waals surface area (Å²) in [4.78, 5) is 2.47. The van der Waals surface area contributed by atoms with Crippen LogP contribution in [0.5, 0.6) is 0 Å². The summed E-state index contributed by atoms with van der Waals surface area (Å²) in [7, 11) is 4.10. The minimum atomic E-state index is -0.430. The molecule has 0 aromatic heterocycles. The predicted octanol–water partition coefficient (Wildman–Crippen LogP) is 6.82. The molecule has 0 saturated heterocycles. The van der Waals surface area contributed by atoms with Crippen LogP contribution >= 0.6 is 7.92 Å². The standard InChI is InChI=1S/C30H38NP/c1-21-15-22(2)18-26(17-21)32(27-19-23(3)16-24(4)20-27)29-14-10-13-28(29)30(31(5)6)25-11-8-7-9-12-25/h7-9,11-12,15-20,28-30H,10,13-14H2,1-6H3/t28-,29+,30?/m1/s1. The molecule has 3 aromatic carbocycles. The zero-order chi connectivity index (χ0) is 22.8. The van der Waals surface area contributed by atoms with E-state index in [0.717, 1.165) is 0 Å². The smallest absolute Gasteiger partial charge is 0.0376 e. The zero-order valence-corrected chi connectivity index (χ0v) is 21.5. The molecule has 1 fully saturated rings. The van der Waals surface area contributed by atoms with Crippen LogP contribution in [0.25, 0.3) is 0 Å². The molecule has 168 valence electrons. The number of aryl methyl sites for hydroxylation is 4. The fraction of sp³-hybridized carbons (Fsp3) is 0.400. The second kappa shape index (κ2) is 9.90. The lowest BCUT2D eigenvalue weighted by Gasteiger charge is -2.38. The molecular weight excluding hydrogens is 405 g/mol. The van der Waals surface area contributed by atoms with Gasteiger partial charge >= 0.3 is 0 Å². The number of benzene rings is 3. The Kier molecular flexibility index (Phi) is 7.18. The number of nitrogens with zero attached hydrogens (tertiary/aromatic N) is 1. The van der Waals surface area contributed by atoms with Gasteiger partial charge in [-0.05, 0) is 90.3 Å². The lowest BCUT2D eigenvalue weighted by Crippen LogP contribution is -2.34. The first kappa shape index (κ1) is 23.2. The largest absolute Gasteiger partial charge is 0.302 e. The molecular formula is C30H38NP. The molecule has 0 N–H and O–H groups in total. The van der Waals surface area contributed by atoms with Crippen molar-refractivity contribution in [2.24, 2.45) is 5.92 Å². The summed E-state index contributed by atoms with van der Waals surface area (Å²) in [6.45, 7) is 9.02. The minimum absolute atomic E-state index is 0.430. The molecule has 4 rings (SSSR count). The Bertz CT molecular complexity index is 964. The van der Waals surface area contributed by atoms with Crippen LogP contribution in [0, 0.1) is 33.6 Å². The van der Waals surface area contributed by atoms with Crippen molar-refractivity contribution in [3.05, 3.63) is 94.5 Å². The van der Waals surface area contributed by atoms with E-state index in [0.29, 0.717) is 17.6 Å². The van der Waals surface area contributed by atoms with Crippen LogP contribution < -0.4 is 10.6 Å². The molecule has 0 spiro atoms. The van der Waals surface area contributed by atoms with Crippen molar-refractivity contribution in [3.63, 3.8) is 0 Å². The Morgan fingerprint density at radius 2 is 1.22 bits per heavy atom. The van der Waals surface area contributed by atoms with E-state index < -0.39 is 7.92 Å². The molecule has 0 bridgehead atoms. The number of rotatable bonds is 6. The first-order valence-corrected chi connectivity index (χ1v) is 13.4. The second-order valence-electron chi connectivity index (χ2n) is 10.0. The van der Waals surface area contributed by atoms with Gasteiger partial charge in [0, 0.05) is 6.04 Å². The third kappa shape index (κ3) is 5.00. The molecule has 3 aromatic rings. The van der Waals surface area contributed by atoms with Gasteiger partial charge in [0.05, 0.1) is 0 Å². The van der Waals surface area contributed by atoms with Crippen molar-refractivity contribution < 1.29 is 0 Å². The summed E-state index contributed by atoms with van der Waals surface area (Å²) in [5.74, 6) is 0.667. The molecule has 1 saturated carbocycles. The highest BCUT2D eigenvalue weighted by Gasteiger charge is 2.41. The van der Waals surface area contributed by atoms with E-state index in [1.54, 1.807) is 10.6 Å². The molecule has 0 amide bonds. The van der Waals surface area contributed by atoms with Gasteiger partial charge in [0.25, 0.3) is 0 Å². The van der Waals surface area contributed by atoms with Crippen molar-refractivity contribution in [2.45, 2.75) is 58.7 Å². The fourth-order valence-electron chi connectivity index (χ4n) is 5.95. The van der Waals surface area contributed by atoms with Gasteiger partial charge in [-0.15, -0.1) is 0 Å². The molecule has 1 unspecified atom stereocenters. The van der Waals surface area contributed by atoms with Gasteiger partial charge in [-0.25, -0.2) is 0 Å². The molecule has 32 heavy (non-hydrogen) atoms. The summed E-state index contributed by atoms with van der Waals surface area (Å²) in [6.07, 6.45) is 3.98. The van der Waals surface area contributed by atoms with Crippen LogP contribution in [-0.2, 0) is 0 Å². The van der Waals surface area contributed by atoms with Gasteiger partial charge in [-0.2, -0.15) is 0 Å². The van der Waals surface area contributed by atoms with Crippen LogP contribution in [0.4, 0.5) is 0 Å². The van der Waals surface area contributed by atoms with E-state index in [1.807, 2.05) is 0 Å². The number of hydrogen-bond acceptors (Lipinski definition) is 1. The molecule has 1 aliphatic carbocycles. The lowest BCUT2D eigenvalue weighted by atomic mass is 9.90. The van der Waals surface area contributed by atoms with E-state index >= 15 is 0 Å². The lowest BCUT2D eigenvalue weighted by molar-refractivity contribution is 0.217. The van der Waals surface area contributed by atoms with Crippen LogP contribution in [0.1, 0.15) is 53.1 Å². The van der Waals surface area contributed by atoms with Crippen molar-refractivity contribution in [1.29, 1.82) is 0 Å². The van der Waals surface area contributed by atoms with Crippen molar-refractivity contribution in [2.75, 3.05) is 14.1 Å². The molecule has 0 heterocycles. The summed E-state index contributed by atoms with van der Waals surface area (Å²) in [5, 5.41) is 3.12. The zero-order valence-electron chi connectivity index (χ0n) is 20.6. The Morgan fingerprint density at radius 3 is 1.69 bits per heavy atom. The van der Waals surface area contributed by atoms with Gasteiger partial charge < -0.3 is 4.90 Å². The summed E-state index contributed by atoms with van der Waals surface area (Å²) in [5.41, 5.74) is 7.71. The first-order chi connectivity index (χ1) is 15.3. The normalized spacial score (nSPS) is 19.6. The molecule has 0 radical (unpaired) electrons. The van der Waals surface area contributed by atoms with Crippen molar-refractivity contribution >= 4 is 18.5 Å². The Labute approximate surface area is 196 Å². The van der Waals surface area contributed by atoms with Crippen molar-refractivity contribution in [1.82, 2.24) is 4.90 Å². The molecule has 0 aliphatic heterocycles. The van der Waals surface area contributed by atoms with E-state index in [2.05, 4.69) is 113 Å². The minimum Gasteiger partial charge on any atom is -0.302 e. The maximum atomic E-state index is 2.47. The average molecular weight is 444 g/mol. The van der Waals surface area contributed by atoms with Gasteiger partial charge in [-0.3, -0.25) is 0 Å². The van der Waals surface area contributed by atoms with Gasteiger partial charge in [0.1, 0.15) is 0 Å². The topological polar surface area (TPSA) is 3.24 Å². The highest BCUT2D eigenvalue weighted by atomic mass is 31.1. The predicted molar refractivity (Wildman–Crippen MR) is 142 cm³/mol. The summed E-state index contributed by atoms with van der Waals surface area (Å²) >= 11 is 0. The SMILES string of the molecule is Cc1cc(C)cc(P(c2cc(C)cc(C)c2)[C@H]2CCC[C@H]2C(c2ccccc2)N(C)C)c1. The summed E-state index contributed by atoms with van der Waals surface area (Å²) < 4.78 is 0. The molecule has 3 atom stereocenters. The van der Waals surface area contributed by atoms with E-state index in [9.17, 15) is 0 Å². The number of hydrogen-bond donors (Lipinski definition) is 0. The van der Waals surface area contributed by atoms with Crippen LogP contribution in [0.2, 0.25) is 0 Å². The second-order valence-corrected chi connectivity index (χ2v) is 12.5. The van der Waals surface area contributed by atoms with Gasteiger partial charge in [0.15, 0.2) is 0 Å². The molecule has 1 nitrogen and oxygen atoms in total. The monoisotopic (exact) mass is 443 g/mol. The van der Waals surface area contributed by atoms with Crippen molar-refractivity contribution in [3.8, 4) is 0 Å².